The van der Waals surface area contributed by atoms with E-state index in [1.54, 1.807) is 0 Å². The molecular weight excluding hydrogens is 1020 g/mol. The summed E-state index contributed by atoms with van der Waals surface area (Å²) in [6.45, 7) is 34.1. The Hall–Kier alpha value is -5.90. The van der Waals surface area contributed by atoms with Gasteiger partial charge in [-0.25, -0.2) is 4.98 Å². The van der Waals surface area contributed by atoms with Crippen LogP contribution in [0.25, 0.3) is 38.8 Å². The summed E-state index contributed by atoms with van der Waals surface area (Å²) in [5.74, 6) is 2.07. The number of ether oxygens (including phenoxy) is 1. The van der Waals surface area contributed by atoms with E-state index in [4.69, 9.17) is 9.72 Å². The molecule has 2 aromatic heterocycles. The topological polar surface area (TPSA) is 33.5 Å². The minimum absolute atomic E-state index is 0. The second-order valence-corrected chi connectivity index (χ2v) is 23.3. The molecule has 0 fully saturated rings. The van der Waals surface area contributed by atoms with Crippen LogP contribution in [0.2, 0.25) is 0 Å². The Labute approximate surface area is 426 Å². The molecule has 0 bridgehead atoms. The van der Waals surface area contributed by atoms with Gasteiger partial charge < -0.3 is 19.1 Å². The number of nitrogens with zero attached hydrogens (tertiary/aromatic N) is 4. The van der Waals surface area contributed by atoms with E-state index in [-0.39, 0.29) is 48.1 Å². The summed E-state index contributed by atoms with van der Waals surface area (Å²) in [5, 5.41) is 2.21. The van der Waals surface area contributed by atoms with Crippen molar-refractivity contribution in [2.75, 3.05) is 9.80 Å². The van der Waals surface area contributed by atoms with Crippen molar-refractivity contribution in [2.24, 2.45) is 0 Å². The third-order valence-corrected chi connectivity index (χ3v) is 13.6. The van der Waals surface area contributed by atoms with Crippen LogP contribution in [0.1, 0.15) is 125 Å². The molecule has 0 atom stereocenters. The standard InChI is InChI=1S/C63H67N4O.Pt/c1-59(2,3)45-29-30-64-58(37-45)67-55-28-25-43(42-21-17-15-18-22-42)31-54(55)53-27-26-51(39-56(53)67)68-52-36-48(62(10,11)12)35-50(38-52)66-41-65(40-57(66)63(13,14)44-23-19-16-20-24-44)49-33-46(60(4,5)6)32-47(34-49)61(7,8)9;/h15-37,40-41H,1-14H3;/q-3;. The van der Waals surface area contributed by atoms with Gasteiger partial charge >= 0.3 is 0 Å². The summed E-state index contributed by atoms with van der Waals surface area (Å²) in [4.78, 5) is 9.59. The summed E-state index contributed by atoms with van der Waals surface area (Å²) in [6, 6.07) is 55.6. The summed E-state index contributed by atoms with van der Waals surface area (Å²) in [5.41, 5.74) is 13.0. The fraction of sp³-hybridized carbons (Fsp3) is 0.302. The third kappa shape index (κ3) is 9.96. The molecule has 0 saturated heterocycles. The number of rotatable bonds is 8. The fourth-order valence-corrected chi connectivity index (χ4v) is 9.14. The second kappa shape index (κ2) is 18.1. The monoisotopic (exact) mass is 1090 g/mol. The number of aromatic nitrogens is 2. The molecule has 0 amide bonds. The number of fused-ring (bicyclic) bond motifs is 3. The van der Waals surface area contributed by atoms with Gasteiger partial charge in [0.05, 0.1) is 0 Å². The summed E-state index contributed by atoms with van der Waals surface area (Å²) < 4.78 is 9.22. The number of hydrogen-bond donors (Lipinski definition) is 0. The minimum atomic E-state index is -0.376. The van der Waals surface area contributed by atoms with Gasteiger partial charge in [-0.1, -0.05) is 181 Å². The molecule has 9 rings (SSSR count). The SMILES string of the molecule is CC(C)(C)c1cc(Oc2[c-]c3c(cc2)c2cc(-c4ccccc4)ccc2n3-c2cc(C(C)(C)C)ccn2)[c-]c(N2[CH-]N(c3cc(C(C)(C)C)cc(C(C)(C)C)c3)C=C2C(C)(C)c2ccccc2)c1.[Pt]. The van der Waals surface area contributed by atoms with E-state index < -0.39 is 0 Å². The molecule has 8 aromatic rings. The molecule has 1 aliphatic rings. The zero-order valence-corrected chi connectivity index (χ0v) is 45.2. The maximum atomic E-state index is 6.99. The molecule has 0 saturated carbocycles. The van der Waals surface area contributed by atoms with Gasteiger partial charge in [0.2, 0.25) is 0 Å². The predicted octanol–water partition coefficient (Wildman–Crippen LogP) is 16.7. The van der Waals surface area contributed by atoms with Crippen LogP contribution >= 0.6 is 0 Å². The Kier molecular flexibility index (Phi) is 13.0. The first-order valence-corrected chi connectivity index (χ1v) is 24.1. The quantitative estimate of drug-likeness (QED) is 0.142. The molecular formula is C63H67N4OPt-3. The smallest absolute Gasteiger partial charge is 0.135 e. The zero-order chi connectivity index (χ0) is 48.6. The van der Waals surface area contributed by atoms with E-state index in [1.807, 2.05) is 12.3 Å². The van der Waals surface area contributed by atoms with Crippen molar-refractivity contribution in [1.82, 2.24) is 9.55 Å². The van der Waals surface area contributed by atoms with E-state index in [9.17, 15) is 0 Å². The Morgan fingerprint density at radius 2 is 1.12 bits per heavy atom. The van der Waals surface area contributed by atoms with E-state index >= 15 is 0 Å². The number of benzene rings is 6. The first-order chi connectivity index (χ1) is 31.9. The van der Waals surface area contributed by atoms with Gasteiger partial charge in [0.25, 0.3) is 0 Å². The molecule has 358 valence electrons. The van der Waals surface area contributed by atoms with Crippen LogP contribution in [0.3, 0.4) is 0 Å². The van der Waals surface area contributed by atoms with Crippen LogP contribution in [0.5, 0.6) is 11.5 Å². The average Bonchev–Trinajstić information content (AvgIpc) is 3.89. The molecule has 0 spiro atoms. The maximum Gasteiger partial charge on any atom is 0.135 e. The zero-order valence-electron chi connectivity index (χ0n) is 42.9. The van der Waals surface area contributed by atoms with E-state index in [2.05, 4.69) is 264 Å². The second-order valence-electron chi connectivity index (χ2n) is 23.3. The van der Waals surface area contributed by atoms with Crippen LogP contribution in [0, 0.1) is 18.8 Å². The predicted molar refractivity (Wildman–Crippen MR) is 286 cm³/mol. The van der Waals surface area contributed by atoms with Gasteiger partial charge in [-0.2, -0.15) is 6.07 Å². The van der Waals surface area contributed by atoms with Crippen LogP contribution in [0.15, 0.2) is 152 Å². The average molecular weight is 1090 g/mol. The molecule has 6 heteroatoms. The molecule has 1 aliphatic heterocycles. The van der Waals surface area contributed by atoms with Gasteiger partial charge in [0.15, 0.2) is 0 Å². The maximum absolute atomic E-state index is 6.99. The summed E-state index contributed by atoms with van der Waals surface area (Å²) >= 11 is 0. The van der Waals surface area contributed by atoms with Gasteiger partial charge in [0, 0.05) is 61.1 Å². The Morgan fingerprint density at radius 1 is 0.507 bits per heavy atom. The van der Waals surface area contributed by atoms with Gasteiger partial charge in [-0.15, -0.1) is 53.6 Å². The van der Waals surface area contributed by atoms with E-state index in [1.165, 1.54) is 27.8 Å². The Balaban J connectivity index is 0.00000642. The van der Waals surface area contributed by atoms with Crippen molar-refractivity contribution < 1.29 is 25.8 Å². The van der Waals surface area contributed by atoms with Crippen LogP contribution in [-0.4, -0.2) is 9.55 Å². The molecule has 0 radical (unpaired) electrons. The van der Waals surface area contributed by atoms with Gasteiger partial charge in [0.1, 0.15) is 5.82 Å². The molecule has 69 heavy (non-hydrogen) atoms. The van der Waals surface area contributed by atoms with Crippen molar-refractivity contribution in [3.8, 4) is 28.4 Å². The molecule has 0 N–H and O–H groups in total. The van der Waals surface area contributed by atoms with Crippen molar-refractivity contribution in [2.45, 2.75) is 124 Å². The Bertz CT molecular complexity index is 3160. The molecule has 0 aliphatic carbocycles. The van der Waals surface area contributed by atoms with E-state index in [0.29, 0.717) is 11.5 Å². The number of allylic oxidation sites excluding steroid dienone is 1. The van der Waals surface area contributed by atoms with Crippen LogP contribution < -0.4 is 14.5 Å². The molecule has 5 nitrogen and oxygen atoms in total. The molecule has 6 aromatic carbocycles. The van der Waals surface area contributed by atoms with Gasteiger partial charge in [-0.05, 0) is 97.0 Å². The van der Waals surface area contributed by atoms with E-state index in [0.717, 1.165) is 55.8 Å². The number of hydrogen-bond acceptors (Lipinski definition) is 4. The van der Waals surface area contributed by atoms with Gasteiger partial charge in [-0.3, -0.25) is 0 Å². The molecule has 3 heterocycles. The summed E-state index contributed by atoms with van der Waals surface area (Å²) in [6.07, 6.45) is 4.23. The van der Waals surface area contributed by atoms with Crippen molar-refractivity contribution in [1.29, 1.82) is 0 Å². The number of anilines is 2. The minimum Gasteiger partial charge on any atom is -0.509 e. The summed E-state index contributed by atoms with van der Waals surface area (Å²) in [7, 11) is 0. The largest absolute Gasteiger partial charge is 0.509 e. The first kappa shape index (κ1) is 49.5. The van der Waals surface area contributed by atoms with Crippen molar-refractivity contribution in [3.05, 3.63) is 198 Å². The third-order valence-electron chi connectivity index (χ3n) is 13.6. The van der Waals surface area contributed by atoms with Crippen LogP contribution in [0.4, 0.5) is 11.4 Å². The van der Waals surface area contributed by atoms with Crippen molar-refractivity contribution >= 4 is 33.2 Å². The van der Waals surface area contributed by atoms with Crippen LogP contribution in [-0.2, 0) is 48.1 Å². The molecule has 0 unspecified atom stereocenters. The fourth-order valence-electron chi connectivity index (χ4n) is 9.14. The number of pyridine rings is 1. The Morgan fingerprint density at radius 3 is 1.74 bits per heavy atom. The first-order valence-electron chi connectivity index (χ1n) is 24.1. The normalized spacial score (nSPS) is 13.8. The van der Waals surface area contributed by atoms with Crippen molar-refractivity contribution in [3.63, 3.8) is 0 Å².